The minimum Gasteiger partial charge on any atom is -0.480 e. The maximum Gasteiger partial charge on any atom is 0.320 e. The monoisotopic (exact) mass is 159 g/mol. The second kappa shape index (κ2) is 6.16. The maximum absolute atomic E-state index is 10.5. The molecule has 0 spiro atoms. The van der Waals surface area contributed by atoms with Crippen LogP contribution in [0.15, 0.2) is 0 Å². The molecule has 11 heavy (non-hydrogen) atoms. The van der Waals surface area contributed by atoms with E-state index in [0.717, 1.165) is 25.7 Å². The van der Waals surface area contributed by atoms with Crippen LogP contribution < -0.4 is 5.32 Å². The van der Waals surface area contributed by atoms with Gasteiger partial charge in [-0.1, -0.05) is 26.2 Å². The van der Waals surface area contributed by atoms with Crippen molar-refractivity contribution in [2.75, 3.05) is 7.05 Å². The summed E-state index contributed by atoms with van der Waals surface area (Å²) in [6.07, 6.45) is 3.98. The zero-order valence-electron chi connectivity index (χ0n) is 7.26. The van der Waals surface area contributed by atoms with Crippen molar-refractivity contribution in [1.29, 1.82) is 0 Å². The molecule has 0 heterocycles. The topological polar surface area (TPSA) is 49.3 Å². The Morgan fingerprint density at radius 1 is 1.55 bits per heavy atom. The number of likely N-dealkylation sites (N-methyl/N-ethyl adjacent to an activating group) is 1. The molecule has 0 bridgehead atoms. The first-order valence-electron chi connectivity index (χ1n) is 4.12. The Bertz CT molecular complexity index is 115. The number of nitrogens with one attached hydrogen (secondary N) is 1. The van der Waals surface area contributed by atoms with Gasteiger partial charge in [-0.05, 0) is 13.5 Å². The van der Waals surface area contributed by atoms with Crippen molar-refractivity contribution in [3.63, 3.8) is 0 Å². The fourth-order valence-electron chi connectivity index (χ4n) is 0.990. The number of unbranched alkanes of at least 4 members (excludes halogenated alkanes) is 2. The first-order chi connectivity index (χ1) is 5.22. The van der Waals surface area contributed by atoms with E-state index >= 15 is 0 Å². The van der Waals surface area contributed by atoms with Gasteiger partial charge in [0.25, 0.3) is 0 Å². The van der Waals surface area contributed by atoms with Gasteiger partial charge in [-0.3, -0.25) is 4.79 Å². The van der Waals surface area contributed by atoms with Crippen LogP contribution in [0.3, 0.4) is 0 Å². The molecule has 0 saturated carbocycles. The van der Waals surface area contributed by atoms with Crippen molar-refractivity contribution in [2.24, 2.45) is 0 Å². The number of carbonyl (C=O) groups is 1. The number of rotatable bonds is 6. The Morgan fingerprint density at radius 2 is 2.18 bits per heavy atom. The standard InChI is InChI=1S/C8H17NO2/c1-3-4-5-6-7(9-2)8(10)11/h7,9H,3-6H2,1-2H3,(H,10,11)/t7-/m0/s1. The maximum atomic E-state index is 10.5. The van der Waals surface area contributed by atoms with Crippen LogP contribution in [0.5, 0.6) is 0 Å². The molecule has 0 amide bonds. The van der Waals surface area contributed by atoms with Crippen LogP contribution in [0.2, 0.25) is 0 Å². The van der Waals surface area contributed by atoms with Crippen LogP contribution in [-0.4, -0.2) is 24.2 Å². The SMILES string of the molecule is CCCCC[C@H](NC)C(=O)O. The molecule has 3 heteroatoms. The van der Waals surface area contributed by atoms with E-state index < -0.39 is 5.97 Å². The fourth-order valence-corrected chi connectivity index (χ4v) is 0.990. The highest BCUT2D eigenvalue weighted by molar-refractivity contribution is 5.73. The van der Waals surface area contributed by atoms with Gasteiger partial charge < -0.3 is 10.4 Å². The van der Waals surface area contributed by atoms with Gasteiger partial charge in [0.2, 0.25) is 0 Å². The normalized spacial score (nSPS) is 12.9. The summed E-state index contributed by atoms with van der Waals surface area (Å²) in [5.74, 6) is -0.747. The van der Waals surface area contributed by atoms with Crippen molar-refractivity contribution in [3.8, 4) is 0 Å². The predicted octanol–water partition coefficient (Wildman–Crippen LogP) is 1.24. The van der Waals surface area contributed by atoms with Crippen molar-refractivity contribution >= 4 is 5.97 Å². The molecule has 66 valence electrons. The Morgan fingerprint density at radius 3 is 2.55 bits per heavy atom. The largest absolute Gasteiger partial charge is 0.480 e. The molecule has 0 unspecified atom stereocenters. The zero-order chi connectivity index (χ0) is 8.69. The minimum atomic E-state index is -0.747. The second-order valence-electron chi connectivity index (χ2n) is 2.68. The molecule has 0 aliphatic rings. The average Bonchev–Trinajstić information content (AvgIpc) is 1.97. The molecule has 0 fully saturated rings. The van der Waals surface area contributed by atoms with Crippen LogP contribution in [0, 0.1) is 0 Å². The summed E-state index contributed by atoms with van der Waals surface area (Å²) < 4.78 is 0. The lowest BCUT2D eigenvalue weighted by atomic mass is 10.1. The van der Waals surface area contributed by atoms with E-state index in [1.165, 1.54) is 0 Å². The fraction of sp³-hybridized carbons (Fsp3) is 0.875. The third-order valence-corrected chi connectivity index (χ3v) is 1.74. The molecule has 0 rings (SSSR count). The molecular weight excluding hydrogens is 142 g/mol. The molecule has 3 nitrogen and oxygen atoms in total. The summed E-state index contributed by atoms with van der Waals surface area (Å²) in [5, 5.41) is 11.4. The highest BCUT2D eigenvalue weighted by atomic mass is 16.4. The van der Waals surface area contributed by atoms with Crippen LogP contribution in [0.1, 0.15) is 32.6 Å². The van der Waals surface area contributed by atoms with Gasteiger partial charge in [0.15, 0.2) is 0 Å². The molecular formula is C8H17NO2. The summed E-state index contributed by atoms with van der Waals surface area (Å²) in [4.78, 5) is 10.5. The highest BCUT2D eigenvalue weighted by Crippen LogP contribution is 2.02. The van der Waals surface area contributed by atoms with Crippen molar-refractivity contribution < 1.29 is 9.90 Å². The third kappa shape index (κ3) is 4.79. The molecule has 2 N–H and O–H groups in total. The minimum absolute atomic E-state index is 0.360. The quantitative estimate of drug-likeness (QED) is 0.573. The van der Waals surface area contributed by atoms with Gasteiger partial charge >= 0.3 is 5.97 Å². The van der Waals surface area contributed by atoms with Gasteiger partial charge in [-0.25, -0.2) is 0 Å². The number of carboxylic acid groups (broad SMARTS) is 1. The highest BCUT2D eigenvalue weighted by Gasteiger charge is 2.12. The molecule has 0 aliphatic heterocycles. The number of hydrogen-bond acceptors (Lipinski definition) is 2. The lowest BCUT2D eigenvalue weighted by molar-refractivity contribution is -0.139. The van der Waals surface area contributed by atoms with E-state index in [1.54, 1.807) is 7.05 Å². The van der Waals surface area contributed by atoms with E-state index in [-0.39, 0.29) is 6.04 Å². The molecule has 0 aromatic rings. The Balaban J connectivity index is 3.44. The Labute approximate surface area is 67.8 Å². The summed E-state index contributed by atoms with van der Waals surface area (Å²) in [5.41, 5.74) is 0. The number of carboxylic acids is 1. The molecule has 0 aliphatic carbocycles. The zero-order valence-corrected chi connectivity index (χ0v) is 7.26. The van der Waals surface area contributed by atoms with Crippen molar-refractivity contribution in [1.82, 2.24) is 5.32 Å². The summed E-state index contributed by atoms with van der Waals surface area (Å²) in [6, 6.07) is -0.360. The van der Waals surface area contributed by atoms with Crippen molar-refractivity contribution in [2.45, 2.75) is 38.6 Å². The molecule has 0 aromatic carbocycles. The van der Waals surface area contributed by atoms with E-state index in [0.29, 0.717) is 0 Å². The molecule has 0 aromatic heterocycles. The van der Waals surface area contributed by atoms with Gasteiger partial charge in [-0.15, -0.1) is 0 Å². The van der Waals surface area contributed by atoms with E-state index in [9.17, 15) is 4.79 Å². The Kier molecular flexibility index (Phi) is 5.84. The van der Waals surface area contributed by atoms with Gasteiger partial charge in [0, 0.05) is 0 Å². The predicted molar refractivity (Wildman–Crippen MR) is 44.6 cm³/mol. The summed E-state index contributed by atoms with van der Waals surface area (Å²) in [6.45, 7) is 2.11. The van der Waals surface area contributed by atoms with Crippen LogP contribution in [0.25, 0.3) is 0 Å². The third-order valence-electron chi connectivity index (χ3n) is 1.74. The summed E-state index contributed by atoms with van der Waals surface area (Å²) in [7, 11) is 1.69. The summed E-state index contributed by atoms with van der Waals surface area (Å²) >= 11 is 0. The van der Waals surface area contributed by atoms with Crippen LogP contribution >= 0.6 is 0 Å². The van der Waals surface area contributed by atoms with Gasteiger partial charge in [0.05, 0.1) is 0 Å². The van der Waals surface area contributed by atoms with Crippen molar-refractivity contribution in [3.05, 3.63) is 0 Å². The molecule has 0 saturated heterocycles. The number of aliphatic carboxylic acids is 1. The molecule has 1 atom stereocenters. The van der Waals surface area contributed by atoms with Gasteiger partial charge in [0.1, 0.15) is 6.04 Å². The lowest BCUT2D eigenvalue weighted by Crippen LogP contribution is -2.33. The Hall–Kier alpha value is -0.570. The second-order valence-corrected chi connectivity index (χ2v) is 2.68. The number of hydrogen-bond donors (Lipinski definition) is 2. The first kappa shape index (κ1) is 10.4. The average molecular weight is 159 g/mol. The first-order valence-corrected chi connectivity index (χ1v) is 4.12. The van der Waals surface area contributed by atoms with E-state index in [1.807, 2.05) is 0 Å². The molecule has 0 radical (unpaired) electrons. The van der Waals surface area contributed by atoms with Crippen LogP contribution in [-0.2, 0) is 4.79 Å². The van der Waals surface area contributed by atoms with Crippen LogP contribution in [0.4, 0.5) is 0 Å². The smallest absolute Gasteiger partial charge is 0.320 e. The van der Waals surface area contributed by atoms with Gasteiger partial charge in [-0.2, -0.15) is 0 Å². The van der Waals surface area contributed by atoms with E-state index in [4.69, 9.17) is 5.11 Å². The van der Waals surface area contributed by atoms with E-state index in [2.05, 4.69) is 12.2 Å². The lowest BCUT2D eigenvalue weighted by Gasteiger charge is -2.09.